The standard InChI is InChI=1S/C20H37N3O3/c1-21(2)14-20(16-24)12-7-13-23(15-20)19(26)11-10-18(25)22(3)17-8-5-4-6-9-17/h17,24H,4-16H2,1-3H3. The van der Waals surface area contributed by atoms with Crippen LogP contribution in [-0.4, -0.2) is 85.0 Å². The van der Waals surface area contributed by atoms with Gasteiger partial charge in [-0.1, -0.05) is 19.3 Å². The number of likely N-dealkylation sites (tertiary alicyclic amines) is 1. The van der Waals surface area contributed by atoms with Gasteiger partial charge in [-0.25, -0.2) is 0 Å². The second-order valence-electron chi connectivity index (χ2n) is 8.61. The van der Waals surface area contributed by atoms with E-state index in [2.05, 4.69) is 4.90 Å². The maximum absolute atomic E-state index is 12.7. The molecule has 1 saturated carbocycles. The molecule has 2 aliphatic rings. The fraction of sp³-hybridized carbons (Fsp3) is 0.900. The van der Waals surface area contributed by atoms with Crippen LogP contribution in [0.5, 0.6) is 0 Å². The largest absolute Gasteiger partial charge is 0.396 e. The highest BCUT2D eigenvalue weighted by molar-refractivity contribution is 5.84. The van der Waals surface area contributed by atoms with Crippen molar-refractivity contribution in [1.82, 2.24) is 14.7 Å². The van der Waals surface area contributed by atoms with Crippen LogP contribution < -0.4 is 0 Å². The molecule has 1 aliphatic carbocycles. The average molecular weight is 368 g/mol. The van der Waals surface area contributed by atoms with Crippen LogP contribution >= 0.6 is 0 Å². The van der Waals surface area contributed by atoms with Gasteiger partial charge < -0.3 is 19.8 Å². The minimum absolute atomic E-state index is 0.0478. The Labute approximate surface area is 158 Å². The first-order valence-electron chi connectivity index (χ1n) is 10.2. The smallest absolute Gasteiger partial charge is 0.223 e. The van der Waals surface area contributed by atoms with E-state index in [-0.39, 0.29) is 30.3 Å². The summed E-state index contributed by atoms with van der Waals surface area (Å²) in [6.45, 7) is 2.20. The van der Waals surface area contributed by atoms with Gasteiger partial charge in [-0.15, -0.1) is 0 Å². The Morgan fingerprint density at radius 3 is 2.38 bits per heavy atom. The third-order valence-electron chi connectivity index (χ3n) is 6.07. The molecule has 2 amide bonds. The topological polar surface area (TPSA) is 64.1 Å². The van der Waals surface area contributed by atoms with Crippen molar-refractivity contribution in [2.75, 3.05) is 47.4 Å². The predicted molar refractivity (Wildman–Crippen MR) is 103 cm³/mol. The van der Waals surface area contributed by atoms with Crippen LogP contribution in [0.3, 0.4) is 0 Å². The number of nitrogens with zero attached hydrogens (tertiary/aromatic N) is 3. The third-order valence-corrected chi connectivity index (χ3v) is 6.07. The fourth-order valence-electron chi connectivity index (χ4n) is 4.62. The van der Waals surface area contributed by atoms with E-state index >= 15 is 0 Å². The summed E-state index contributed by atoms with van der Waals surface area (Å²) >= 11 is 0. The summed E-state index contributed by atoms with van der Waals surface area (Å²) in [6.07, 6.45) is 8.27. The summed E-state index contributed by atoms with van der Waals surface area (Å²) in [5.74, 6) is 0.135. The van der Waals surface area contributed by atoms with E-state index in [0.717, 1.165) is 38.8 Å². The van der Waals surface area contributed by atoms with Gasteiger partial charge in [-0.2, -0.15) is 0 Å². The zero-order valence-electron chi connectivity index (χ0n) is 16.9. The van der Waals surface area contributed by atoms with Crippen LogP contribution in [0.1, 0.15) is 57.8 Å². The van der Waals surface area contributed by atoms with Crippen LogP contribution in [-0.2, 0) is 9.59 Å². The molecule has 6 heteroatoms. The Hall–Kier alpha value is -1.14. The summed E-state index contributed by atoms with van der Waals surface area (Å²) < 4.78 is 0. The molecule has 0 spiro atoms. The number of carbonyl (C=O) groups excluding carboxylic acids is 2. The zero-order valence-corrected chi connectivity index (χ0v) is 16.9. The lowest BCUT2D eigenvalue weighted by Crippen LogP contribution is -2.52. The molecular weight excluding hydrogens is 330 g/mol. The lowest BCUT2D eigenvalue weighted by Gasteiger charge is -2.43. The van der Waals surface area contributed by atoms with Gasteiger partial charge in [0, 0.05) is 51.0 Å². The summed E-state index contributed by atoms with van der Waals surface area (Å²) in [5, 5.41) is 9.90. The number of hydrogen-bond donors (Lipinski definition) is 1. The van der Waals surface area contributed by atoms with Gasteiger partial charge in [0.05, 0.1) is 6.61 Å². The number of hydrogen-bond acceptors (Lipinski definition) is 4. The molecule has 1 N–H and O–H groups in total. The van der Waals surface area contributed by atoms with Crippen LogP contribution in [0.4, 0.5) is 0 Å². The predicted octanol–water partition coefficient (Wildman–Crippen LogP) is 1.72. The van der Waals surface area contributed by atoms with Gasteiger partial charge in [-0.05, 0) is 39.8 Å². The van der Waals surface area contributed by atoms with Crippen LogP contribution in [0.15, 0.2) is 0 Å². The Morgan fingerprint density at radius 1 is 1.08 bits per heavy atom. The van der Waals surface area contributed by atoms with Gasteiger partial charge in [0.15, 0.2) is 0 Å². The molecule has 0 radical (unpaired) electrons. The first kappa shape index (κ1) is 21.2. The first-order valence-corrected chi connectivity index (χ1v) is 10.2. The van der Waals surface area contributed by atoms with E-state index in [4.69, 9.17) is 0 Å². The van der Waals surface area contributed by atoms with E-state index in [1.54, 1.807) is 0 Å². The van der Waals surface area contributed by atoms with Crippen molar-refractivity contribution >= 4 is 11.8 Å². The molecule has 1 heterocycles. The molecule has 26 heavy (non-hydrogen) atoms. The number of carbonyl (C=O) groups is 2. The van der Waals surface area contributed by atoms with E-state index < -0.39 is 0 Å². The zero-order chi connectivity index (χ0) is 19.2. The summed E-state index contributed by atoms with van der Waals surface area (Å²) in [5.41, 5.74) is -0.236. The minimum atomic E-state index is -0.236. The summed E-state index contributed by atoms with van der Waals surface area (Å²) in [7, 11) is 5.88. The van der Waals surface area contributed by atoms with Gasteiger partial charge in [0.25, 0.3) is 0 Å². The monoisotopic (exact) mass is 367 g/mol. The summed E-state index contributed by atoms with van der Waals surface area (Å²) in [4.78, 5) is 30.9. The van der Waals surface area contributed by atoms with Gasteiger partial charge in [-0.3, -0.25) is 9.59 Å². The Kier molecular flexibility index (Phi) is 7.89. The molecule has 0 aromatic heterocycles. The number of piperidine rings is 1. The lowest BCUT2D eigenvalue weighted by molar-refractivity contribution is -0.140. The van der Waals surface area contributed by atoms with Crippen LogP contribution in [0, 0.1) is 5.41 Å². The molecule has 1 aliphatic heterocycles. The molecule has 1 saturated heterocycles. The molecular formula is C20H37N3O3. The molecule has 0 aromatic carbocycles. The molecule has 1 atom stereocenters. The third kappa shape index (κ3) is 5.68. The number of aliphatic hydroxyl groups is 1. The molecule has 150 valence electrons. The van der Waals surface area contributed by atoms with Crippen molar-refractivity contribution in [2.24, 2.45) is 5.41 Å². The highest BCUT2D eigenvalue weighted by Crippen LogP contribution is 2.30. The Bertz CT molecular complexity index is 477. The Morgan fingerprint density at radius 2 is 1.77 bits per heavy atom. The quantitative estimate of drug-likeness (QED) is 0.744. The molecule has 2 rings (SSSR count). The van der Waals surface area contributed by atoms with Gasteiger partial charge in [0.1, 0.15) is 0 Å². The van der Waals surface area contributed by atoms with Crippen molar-refractivity contribution in [2.45, 2.75) is 63.8 Å². The number of amides is 2. The van der Waals surface area contributed by atoms with Crippen molar-refractivity contribution in [3.8, 4) is 0 Å². The van der Waals surface area contributed by atoms with E-state index in [1.807, 2.05) is 30.9 Å². The van der Waals surface area contributed by atoms with Gasteiger partial charge >= 0.3 is 0 Å². The molecule has 2 fully saturated rings. The van der Waals surface area contributed by atoms with E-state index in [0.29, 0.717) is 19.0 Å². The highest BCUT2D eigenvalue weighted by atomic mass is 16.3. The molecule has 0 bridgehead atoms. The molecule has 0 aromatic rings. The van der Waals surface area contributed by atoms with Crippen LogP contribution in [0.2, 0.25) is 0 Å². The van der Waals surface area contributed by atoms with Crippen molar-refractivity contribution in [3.63, 3.8) is 0 Å². The average Bonchev–Trinajstić information content (AvgIpc) is 2.65. The SMILES string of the molecule is CN(C)CC1(CO)CCCN(C(=O)CCC(=O)N(C)C2CCCCC2)C1. The normalized spacial score (nSPS) is 24.7. The maximum atomic E-state index is 12.7. The lowest BCUT2D eigenvalue weighted by atomic mass is 9.80. The van der Waals surface area contributed by atoms with Crippen molar-refractivity contribution in [3.05, 3.63) is 0 Å². The van der Waals surface area contributed by atoms with Crippen LogP contribution in [0.25, 0.3) is 0 Å². The number of rotatable bonds is 7. The van der Waals surface area contributed by atoms with E-state index in [1.165, 1.54) is 19.3 Å². The minimum Gasteiger partial charge on any atom is -0.396 e. The van der Waals surface area contributed by atoms with Crippen molar-refractivity contribution < 1.29 is 14.7 Å². The molecule has 6 nitrogen and oxygen atoms in total. The van der Waals surface area contributed by atoms with Gasteiger partial charge in [0.2, 0.25) is 11.8 Å². The second kappa shape index (κ2) is 9.70. The first-order chi connectivity index (χ1) is 12.4. The van der Waals surface area contributed by atoms with Crippen molar-refractivity contribution in [1.29, 1.82) is 0 Å². The Balaban J connectivity index is 1.83. The second-order valence-corrected chi connectivity index (χ2v) is 8.61. The maximum Gasteiger partial charge on any atom is 0.223 e. The van der Waals surface area contributed by atoms with E-state index in [9.17, 15) is 14.7 Å². The fourth-order valence-corrected chi connectivity index (χ4v) is 4.62. The number of aliphatic hydroxyl groups excluding tert-OH is 1. The highest BCUT2D eigenvalue weighted by Gasteiger charge is 2.37. The molecule has 1 unspecified atom stereocenters. The summed E-state index contributed by atoms with van der Waals surface area (Å²) in [6, 6.07) is 0.350.